The van der Waals surface area contributed by atoms with E-state index in [2.05, 4.69) is 5.32 Å². The van der Waals surface area contributed by atoms with E-state index < -0.39 is 32.9 Å². The molecule has 0 bridgehead atoms. The normalized spacial score (nSPS) is 16.8. The number of halogens is 2. The minimum Gasteiger partial charge on any atom is -0.350 e. The quantitative estimate of drug-likeness (QED) is 0.586. The average molecular weight is 475 g/mol. The number of nitrogens with one attached hydrogen (secondary N) is 1. The number of carbonyl (C=O) groups excluding carboxylic acids is 1. The van der Waals surface area contributed by atoms with Gasteiger partial charge in [-0.1, -0.05) is 48.5 Å². The fourth-order valence-electron chi connectivity index (χ4n) is 3.42. The van der Waals surface area contributed by atoms with E-state index in [9.17, 15) is 22.0 Å². The van der Waals surface area contributed by atoms with Crippen molar-refractivity contribution in [1.29, 1.82) is 0 Å². The zero-order valence-corrected chi connectivity index (χ0v) is 18.5. The molecule has 0 spiro atoms. The Bertz CT molecular complexity index is 1220. The highest BCUT2D eigenvalue weighted by molar-refractivity contribution is 8.02. The summed E-state index contributed by atoms with van der Waals surface area (Å²) in [6.45, 7) is 0.170. The van der Waals surface area contributed by atoms with E-state index in [4.69, 9.17) is 0 Å². The number of thioether (sulfide) groups is 1. The van der Waals surface area contributed by atoms with Crippen molar-refractivity contribution in [2.45, 2.75) is 16.8 Å². The molecule has 5 nitrogen and oxygen atoms in total. The Labute approximate surface area is 189 Å². The molecule has 4 rings (SSSR count). The van der Waals surface area contributed by atoms with Crippen LogP contribution in [0.5, 0.6) is 0 Å². The molecule has 3 aromatic rings. The van der Waals surface area contributed by atoms with Crippen LogP contribution in [0.15, 0.2) is 77.7 Å². The third kappa shape index (κ3) is 4.69. The highest BCUT2D eigenvalue weighted by Gasteiger charge is 2.40. The maximum absolute atomic E-state index is 13.4. The largest absolute Gasteiger partial charge is 0.350 e. The monoisotopic (exact) mass is 474 g/mol. The summed E-state index contributed by atoms with van der Waals surface area (Å²) in [5.74, 6) is -2.00. The molecule has 0 aliphatic carbocycles. The first-order valence-corrected chi connectivity index (χ1v) is 12.4. The van der Waals surface area contributed by atoms with Crippen LogP contribution in [-0.4, -0.2) is 36.3 Å². The SMILES string of the molecule is O=C(NCc1ccc(F)c(F)c1)C1SCCN1S(=O)(=O)c1ccc(-c2ccccc2)cc1. The van der Waals surface area contributed by atoms with Crippen LogP contribution in [0.4, 0.5) is 8.78 Å². The van der Waals surface area contributed by atoms with Crippen LogP contribution in [-0.2, 0) is 21.4 Å². The molecule has 1 unspecified atom stereocenters. The van der Waals surface area contributed by atoms with E-state index in [1.807, 2.05) is 30.3 Å². The van der Waals surface area contributed by atoms with Gasteiger partial charge in [-0.3, -0.25) is 4.79 Å². The smallest absolute Gasteiger partial charge is 0.249 e. The molecule has 1 atom stereocenters. The Morgan fingerprint density at radius 1 is 0.969 bits per heavy atom. The van der Waals surface area contributed by atoms with Crippen molar-refractivity contribution in [3.05, 3.63) is 90.0 Å². The molecule has 1 fully saturated rings. The molecular formula is C23H20F2N2O3S2. The Kier molecular flexibility index (Phi) is 6.59. The van der Waals surface area contributed by atoms with E-state index in [1.165, 1.54) is 34.3 Å². The Balaban J connectivity index is 1.47. The highest BCUT2D eigenvalue weighted by atomic mass is 32.2. The van der Waals surface area contributed by atoms with Crippen LogP contribution in [0.1, 0.15) is 5.56 Å². The van der Waals surface area contributed by atoms with Crippen LogP contribution in [0.25, 0.3) is 11.1 Å². The van der Waals surface area contributed by atoms with E-state index in [0.29, 0.717) is 11.3 Å². The van der Waals surface area contributed by atoms with Crippen molar-refractivity contribution >= 4 is 27.7 Å². The summed E-state index contributed by atoms with van der Waals surface area (Å²) in [6, 6.07) is 19.5. The minimum absolute atomic E-state index is 0.0350. The lowest BCUT2D eigenvalue weighted by molar-refractivity contribution is -0.122. The van der Waals surface area contributed by atoms with Crippen molar-refractivity contribution < 1.29 is 22.0 Å². The topological polar surface area (TPSA) is 66.5 Å². The standard InChI is InChI=1S/C23H20F2N2O3S2/c24-20-11-6-16(14-21(20)25)15-26-22(28)23-27(12-13-31-23)32(29,30)19-9-7-18(8-10-19)17-4-2-1-3-5-17/h1-11,14,23H,12-13,15H2,(H,26,28). The summed E-state index contributed by atoms with van der Waals surface area (Å²) in [6.07, 6.45) is 0. The molecule has 1 aliphatic rings. The summed E-state index contributed by atoms with van der Waals surface area (Å²) in [5, 5.41) is 1.69. The number of rotatable bonds is 6. The van der Waals surface area contributed by atoms with Gasteiger partial charge in [-0.25, -0.2) is 17.2 Å². The maximum atomic E-state index is 13.4. The second-order valence-corrected chi connectivity index (χ2v) is 10.3. The fraction of sp³-hybridized carbons (Fsp3) is 0.174. The Hall–Kier alpha value is -2.75. The second kappa shape index (κ2) is 9.40. The van der Waals surface area contributed by atoms with Gasteiger partial charge >= 0.3 is 0 Å². The van der Waals surface area contributed by atoms with Crippen molar-refractivity contribution in [2.75, 3.05) is 12.3 Å². The number of hydrogen-bond acceptors (Lipinski definition) is 4. The molecule has 1 saturated heterocycles. The van der Waals surface area contributed by atoms with Gasteiger partial charge in [0.25, 0.3) is 0 Å². The molecule has 0 aromatic heterocycles. The Morgan fingerprint density at radius 2 is 1.66 bits per heavy atom. The van der Waals surface area contributed by atoms with Gasteiger partial charge < -0.3 is 5.32 Å². The molecule has 1 heterocycles. The molecule has 0 saturated carbocycles. The van der Waals surface area contributed by atoms with Gasteiger partial charge in [0.15, 0.2) is 11.6 Å². The zero-order valence-electron chi connectivity index (χ0n) is 16.9. The second-order valence-electron chi connectivity index (χ2n) is 7.20. The van der Waals surface area contributed by atoms with Gasteiger partial charge in [0.05, 0.1) is 4.90 Å². The lowest BCUT2D eigenvalue weighted by Gasteiger charge is -2.22. The third-order valence-electron chi connectivity index (χ3n) is 5.09. The van der Waals surface area contributed by atoms with Crippen molar-refractivity contribution in [1.82, 2.24) is 9.62 Å². The van der Waals surface area contributed by atoms with Crippen LogP contribution < -0.4 is 5.32 Å². The lowest BCUT2D eigenvalue weighted by Crippen LogP contribution is -2.44. The van der Waals surface area contributed by atoms with Crippen LogP contribution in [0.3, 0.4) is 0 Å². The lowest BCUT2D eigenvalue weighted by atomic mass is 10.1. The average Bonchev–Trinajstić information content (AvgIpc) is 3.31. The molecule has 3 aromatic carbocycles. The number of hydrogen-bond donors (Lipinski definition) is 1. The van der Waals surface area contributed by atoms with Gasteiger partial charge in [-0.2, -0.15) is 4.31 Å². The van der Waals surface area contributed by atoms with Crippen molar-refractivity contribution in [3.63, 3.8) is 0 Å². The predicted octanol–water partition coefficient (Wildman–Crippen LogP) is 4.01. The first kappa shape index (κ1) is 22.4. The van der Waals surface area contributed by atoms with Gasteiger partial charge in [-0.15, -0.1) is 11.8 Å². The first-order valence-electron chi connectivity index (χ1n) is 9.87. The van der Waals surface area contributed by atoms with Gasteiger partial charge in [0.2, 0.25) is 15.9 Å². The number of sulfonamides is 1. The van der Waals surface area contributed by atoms with E-state index in [1.54, 1.807) is 12.1 Å². The van der Waals surface area contributed by atoms with E-state index in [0.717, 1.165) is 23.3 Å². The minimum atomic E-state index is -3.89. The van der Waals surface area contributed by atoms with Crippen LogP contribution in [0, 0.1) is 11.6 Å². The molecule has 32 heavy (non-hydrogen) atoms. The first-order chi connectivity index (χ1) is 15.4. The summed E-state index contributed by atoms with van der Waals surface area (Å²) < 4.78 is 54.0. The molecule has 9 heteroatoms. The molecule has 1 aliphatic heterocycles. The van der Waals surface area contributed by atoms with E-state index >= 15 is 0 Å². The highest BCUT2D eigenvalue weighted by Crippen LogP contribution is 2.31. The summed E-state index contributed by atoms with van der Waals surface area (Å²) in [4.78, 5) is 12.8. The van der Waals surface area contributed by atoms with Crippen LogP contribution in [0.2, 0.25) is 0 Å². The number of nitrogens with zero attached hydrogens (tertiary/aromatic N) is 1. The van der Waals surface area contributed by atoms with E-state index in [-0.39, 0.29) is 18.0 Å². The van der Waals surface area contributed by atoms with Crippen LogP contribution >= 0.6 is 11.8 Å². The summed E-state index contributed by atoms with van der Waals surface area (Å²) in [5.41, 5.74) is 2.25. The zero-order chi connectivity index (χ0) is 22.7. The maximum Gasteiger partial charge on any atom is 0.249 e. The molecule has 1 amide bonds. The molecule has 1 N–H and O–H groups in total. The molecule has 0 radical (unpaired) electrons. The summed E-state index contributed by atoms with van der Waals surface area (Å²) in [7, 11) is -3.89. The number of benzene rings is 3. The molecular weight excluding hydrogens is 454 g/mol. The number of carbonyl (C=O) groups is 1. The molecule has 166 valence electrons. The Morgan fingerprint density at radius 3 is 2.34 bits per heavy atom. The van der Waals surface area contributed by atoms with Gasteiger partial charge in [-0.05, 0) is 41.0 Å². The third-order valence-corrected chi connectivity index (χ3v) is 8.31. The predicted molar refractivity (Wildman–Crippen MR) is 120 cm³/mol. The fourth-order valence-corrected chi connectivity index (χ4v) is 6.52. The number of amides is 1. The van der Waals surface area contributed by atoms with Crippen molar-refractivity contribution in [2.24, 2.45) is 0 Å². The van der Waals surface area contributed by atoms with Gasteiger partial charge in [0, 0.05) is 18.8 Å². The van der Waals surface area contributed by atoms with Crippen molar-refractivity contribution in [3.8, 4) is 11.1 Å². The van der Waals surface area contributed by atoms with Gasteiger partial charge in [0.1, 0.15) is 5.37 Å². The summed E-state index contributed by atoms with van der Waals surface area (Å²) >= 11 is 1.22.